The maximum absolute atomic E-state index is 11.2. The third kappa shape index (κ3) is 2.57. The van der Waals surface area contributed by atoms with Gasteiger partial charge in [-0.3, -0.25) is 4.79 Å². The van der Waals surface area contributed by atoms with E-state index in [0.717, 1.165) is 11.4 Å². The number of hydrogen-bond acceptors (Lipinski definition) is 6. The first-order valence-electron chi connectivity index (χ1n) is 5.16. The van der Waals surface area contributed by atoms with E-state index in [9.17, 15) is 4.79 Å². The number of aromatic nitrogens is 2. The van der Waals surface area contributed by atoms with Gasteiger partial charge in [0.25, 0.3) is 0 Å². The van der Waals surface area contributed by atoms with Gasteiger partial charge in [-0.15, -0.1) is 0 Å². The molecule has 2 heterocycles. The van der Waals surface area contributed by atoms with Crippen LogP contribution in [-0.4, -0.2) is 19.8 Å². The van der Waals surface area contributed by atoms with Crippen molar-refractivity contribution in [1.82, 2.24) is 9.55 Å². The van der Waals surface area contributed by atoms with Crippen molar-refractivity contribution in [3.8, 4) is 5.75 Å². The normalized spacial score (nSPS) is 10.8. The Labute approximate surface area is 107 Å². The summed E-state index contributed by atoms with van der Waals surface area (Å²) < 4.78 is 6.84. The second-order valence-corrected chi connectivity index (χ2v) is 4.58. The Balaban J connectivity index is 2.09. The quantitative estimate of drug-likeness (QED) is 0.800. The molecule has 0 aromatic carbocycles. The van der Waals surface area contributed by atoms with Gasteiger partial charge >= 0.3 is 0 Å². The molecule has 2 N–H and O–H groups in total. The maximum atomic E-state index is 11.2. The van der Waals surface area contributed by atoms with Crippen LogP contribution in [0.5, 0.6) is 5.75 Å². The van der Waals surface area contributed by atoms with Crippen LogP contribution in [0, 0.1) is 0 Å². The van der Waals surface area contributed by atoms with E-state index in [1.54, 1.807) is 17.8 Å². The van der Waals surface area contributed by atoms with Crippen LogP contribution in [0.2, 0.25) is 0 Å². The molecular weight excluding hydrogens is 256 g/mol. The monoisotopic (exact) mass is 268 g/mol. The highest BCUT2D eigenvalue weighted by molar-refractivity contribution is 7.98. The fraction of sp³-hybridized carbons (Fsp3) is 0.273. The molecule has 2 aromatic rings. The average molecular weight is 268 g/mol. The summed E-state index contributed by atoms with van der Waals surface area (Å²) in [5.41, 5.74) is 0.248. The molecule has 2 aromatic heterocycles. The van der Waals surface area contributed by atoms with Crippen molar-refractivity contribution in [3.63, 3.8) is 0 Å². The van der Waals surface area contributed by atoms with E-state index in [-0.39, 0.29) is 6.61 Å². The summed E-state index contributed by atoms with van der Waals surface area (Å²) in [6, 6.07) is 1.25. The Kier molecular flexibility index (Phi) is 3.73. The van der Waals surface area contributed by atoms with Gasteiger partial charge in [0.2, 0.25) is 5.43 Å². The predicted molar refractivity (Wildman–Crippen MR) is 65.3 cm³/mol. The van der Waals surface area contributed by atoms with Crippen molar-refractivity contribution < 1.29 is 14.6 Å². The SMILES string of the molecule is Cn1c(CO)cnc1SCc1cc(=O)c(O)co1. The summed E-state index contributed by atoms with van der Waals surface area (Å²) in [5, 5.41) is 18.8. The molecule has 0 aliphatic carbocycles. The topological polar surface area (TPSA) is 88.5 Å². The molecule has 96 valence electrons. The summed E-state index contributed by atoms with van der Waals surface area (Å²) >= 11 is 1.38. The number of aliphatic hydroxyl groups excluding tert-OH is 1. The number of thioether (sulfide) groups is 1. The minimum atomic E-state index is -0.465. The Morgan fingerprint density at radius 1 is 1.56 bits per heavy atom. The summed E-state index contributed by atoms with van der Waals surface area (Å²) in [6.45, 7) is -0.0711. The Bertz CT molecular complexity index is 605. The lowest BCUT2D eigenvalue weighted by Gasteiger charge is -2.03. The lowest BCUT2D eigenvalue weighted by atomic mass is 10.4. The standard InChI is InChI=1S/C11H12N2O4S/c1-13-7(4-14)3-12-11(13)18-6-8-2-9(15)10(16)5-17-8/h2-3,5,14,16H,4,6H2,1H3. The van der Waals surface area contributed by atoms with Gasteiger partial charge in [0.15, 0.2) is 10.9 Å². The zero-order valence-electron chi connectivity index (χ0n) is 9.66. The summed E-state index contributed by atoms with van der Waals surface area (Å²) in [6.07, 6.45) is 2.62. The number of hydrogen-bond donors (Lipinski definition) is 2. The highest BCUT2D eigenvalue weighted by Crippen LogP contribution is 2.21. The molecule has 6 nitrogen and oxygen atoms in total. The molecule has 0 radical (unpaired) electrons. The van der Waals surface area contributed by atoms with Crippen molar-refractivity contribution >= 4 is 11.8 Å². The van der Waals surface area contributed by atoms with Crippen LogP contribution >= 0.6 is 11.8 Å². The van der Waals surface area contributed by atoms with Crippen LogP contribution in [0.25, 0.3) is 0 Å². The number of aromatic hydroxyl groups is 1. The van der Waals surface area contributed by atoms with Crippen LogP contribution < -0.4 is 5.43 Å². The smallest absolute Gasteiger partial charge is 0.226 e. The molecule has 7 heteroatoms. The largest absolute Gasteiger partial charge is 0.502 e. The number of imidazole rings is 1. The number of nitrogens with zero attached hydrogens (tertiary/aromatic N) is 2. The maximum Gasteiger partial charge on any atom is 0.226 e. The molecule has 0 saturated carbocycles. The van der Waals surface area contributed by atoms with Gasteiger partial charge < -0.3 is 19.2 Å². The molecule has 18 heavy (non-hydrogen) atoms. The molecule has 0 bridgehead atoms. The van der Waals surface area contributed by atoms with Crippen molar-refractivity contribution in [2.75, 3.05) is 0 Å². The van der Waals surface area contributed by atoms with Crippen molar-refractivity contribution in [3.05, 3.63) is 40.2 Å². The third-order valence-corrected chi connectivity index (χ3v) is 3.48. The Morgan fingerprint density at radius 2 is 2.33 bits per heavy atom. The molecule has 0 amide bonds. The van der Waals surface area contributed by atoms with Crippen LogP contribution in [0.1, 0.15) is 11.5 Å². The highest BCUT2D eigenvalue weighted by atomic mass is 32.2. The summed E-state index contributed by atoms with van der Waals surface area (Å²) in [4.78, 5) is 15.3. The molecule has 0 fully saturated rings. The van der Waals surface area contributed by atoms with Crippen LogP contribution in [0.15, 0.2) is 32.9 Å². The van der Waals surface area contributed by atoms with Crippen molar-refractivity contribution in [1.29, 1.82) is 0 Å². The second kappa shape index (κ2) is 5.28. The number of aliphatic hydroxyl groups is 1. The van der Waals surface area contributed by atoms with Gasteiger partial charge in [0.05, 0.1) is 24.3 Å². The van der Waals surface area contributed by atoms with E-state index in [4.69, 9.17) is 14.6 Å². The number of rotatable bonds is 4. The Hall–Kier alpha value is -1.73. The zero-order chi connectivity index (χ0) is 13.1. The lowest BCUT2D eigenvalue weighted by Crippen LogP contribution is -2.00. The van der Waals surface area contributed by atoms with Crippen LogP contribution in [0.3, 0.4) is 0 Å². The molecule has 0 spiro atoms. The van der Waals surface area contributed by atoms with E-state index in [1.165, 1.54) is 17.8 Å². The van der Waals surface area contributed by atoms with Crippen LogP contribution in [-0.2, 0) is 19.4 Å². The Morgan fingerprint density at radius 3 is 2.94 bits per heavy atom. The average Bonchev–Trinajstić information content (AvgIpc) is 2.72. The van der Waals surface area contributed by atoms with Gasteiger partial charge in [-0.2, -0.15) is 0 Å². The van der Waals surface area contributed by atoms with Crippen molar-refractivity contribution in [2.24, 2.45) is 7.05 Å². The van der Waals surface area contributed by atoms with E-state index >= 15 is 0 Å². The van der Waals surface area contributed by atoms with E-state index < -0.39 is 11.2 Å². The van der Waals surface area contributed by atoms with Crippen molar-refractivity contribution in [2.45, 2.75) is 17.5 Å². The molecule has 0 atom stereocenters. The van der Waals surface area contributed by atoms with Gasteiger partial charge in [0, 0.05) is 13.1 Å². The molecule has 0 aliphatic rings. The zero-order valence-corrected chi connectivity index (χ0v) is 10.5. The molecule has 0 saturated heterocycles. The first-order valence-corrected chi connectivity index (χ1v) is 6.15. The first-order chi connectivity index (χ1) is 8.61. The fourth-order valence-electron chi connectivity index (χ4n) is 1.36. The molecule has 0 aliphatic heterocycles. The van der Waals surface area contributed by atoms with Gasteiger partial charge in [-0.1, -0.05) is 11.8 Å². The van der Waals surface area contributed by atoms with Gasteiger partial charge in [-0.05, 0) is 0 Å². The molecule has 2 rings (SSSR count). The lowest BCUT2D eigenvalue weighted by molar-refractivity contribution is 0.271. The van der Waals surface area contributed by atoms with Crippen LogP contribution in [0.4, 0.5) is 0 Å². The third-order valence-electron chi connectivity index (χ3n) is 2.41. The van der Waals surface area contributed by atoms with E-state index in [2.05, 4.69) is 4.98 Å². The molecular formula is C11H12N2O4S. The summed E-state index contributed by atoms with van der Waals surface area (Å²) in [5.74, 6) is 0.477. The summed E-state index contributed by atoms with van der Waals surface area (Å²) in [7, 11) is 1.80. The van der Waals surface area contributed by atoms with Gasteiger partial charge in [-0.25, -0.2) is 4.98 Å². The molecule has 0 unspecified atom stereocenters. The predicted octanol–water partition coefficient (Wildman–Crippen LogP) is 0.863. The second-order valence-electron chi connectivity index (χ2n) is 3.63. The minimum absolute atomic E-state index is 0.0711. The fourth-order valence-corrected chi connectivity index (χ4v) is 2.22. The first kappa shape index (κ1) is 12.7. The van der Waals surface area contributed by atoms with E-state index in [1.807, 2.05) is 0 Å². The van der Waals surface area contributed by atoms with E-state index in [0.29, 0.717) is 17.2 Å². The minimum Gasteiger partial charge on any atom is -0.502 e. The highest BCUT2D eigenvalue weighted by Gasteiger charge is 2.08. The van der Waals surface area contributed by atoms with Gasteiger partial charge in [0.1, 0.15) is 12.0 Å².